The Morgan fingerprint density at radius 3 is 1.69 bits per heavy atom. The van der Waals surface area contributed by atoms with Gasteiger partial charge in [-0.1, -0.05) is 39.5 Å². The van der Waals surface area contributed by atoms with Crippen LogP contribution in [0.5, 0.6) is 0 Å². The molecular weight excluding hydrogens is 158 g/mol. The minimum absolute atomic E-state index is 0.669. The molecule has 0 spiro atoms. The highest BCUT2D eigenvalue weighted by molar-refractivity contribution is 4.73. The third kappa shape index (κ3) is 4.12. The Morgan fingerprint density at radius 2 is 1.31 bits per heavy atom. The topological polar surface area (TPSA) is 14.1 Å². The molecule has 1 aliphatic rings. The van der Waals surface area contributed by atoms with Crippen molar-refractivity contribution in [3.05, 3.63) is 0 Å². The van der Waals surface area contributed by atoms with Crippen LogP contribution in [0, 0.1) is 0 Å². The van der Waals surface area contributed by atoms with E-state index in [0.29, 0.717) is 12.1 Å². The fourth-order valence-electron chi connectivity index (χ4n) is 2.18. The molecule has 1 rings (SSSR count). The first-order valence-electron chi connectivity index (χ1n) is 6.06. The van der Waals surface area contributed by atoms with Gasteiger partial charge in [-0.15, -0.1) is 0 Å². The van der Waals surface area contributed by atoms with E-state index < -0.39 is 0 Å². The Morgan fingerprint density at radius 1 is 0.846 bits per heavy atom. The summed E-state index contributed by atoms with van der Waals surface area (Å²) in [6.45, 7) is 4.55. The van der Waals surface area contributed by atoms with Gasteiger partial charge in [0.2, 0.25) is 0 Å². The molecule has 0 saturated carbocycles. The van der Waals surface area contributed by atoms with Crippen LogP contribution in [0.25, 0.3) is 0 Å². The molecule has 2 unspecified atom stereocenters. The predicted octanol–water partition coefficient (Wildman–Crippen LogP) is 3.50. The predicted molar refractivity (Wildman–Crippen MR) is 58.0 cm³/mol. The number of hydrogen-bond acceptors (Lipinski definition) is 0. The monoisotopic (exact) mass is 182 g/mol. The molecule has 0 bridgehead atoms. The molecule has 1 fully saturated rings. The lowest BCUT2D eigenvalue weighted by atomic mass is 10.1. The summed E-state index contributed by atoms with van der Waals surface area (Å²) in [5.74, 6) is 0. The largest absolute Gasteiger partial charge is 0.235 e. The highest BCUT2D eigenvalue weighted by Crippen LogP contribution is 2.17. The molecule has 1 aliphatic heterocycles. The zero-order chi connectivity index (χ0) is 9.52. The first-order chi connectivity index (χ1) is 6.36. The zero-order valence-electron chi connectivity index (χ0n) is 9.26. The van der Waals surface area contributed by atoms with E-state index in [2.05, 4.69) is 13.8 Å². The first-order valence-corrected chi connectivity index (χ1v) is 6.06. The lowest BCUT2D eigenvalue weighted by Crippen LogP contribution is -2.30. The minimum atomic E-state index is 0.669. The molecule has 0 aromatic heterocycles. The van der Waals surface area contributed by atoms with Crippen molar-refractivity contribution in [1.82, 2.24) is 5.32 Å². The molecule has 2 atom stereocenters. The van der Waals surface area contributed by atoms with Crippen molar-refractivity contribution in [3.8, 4) is 0 Å². The van der Waals surface area contributed by atoms with Gasteiger partial charge in [0.15, 0.2) is 0 Å². The van der Waals surface area contributed by atoms with Crippen LogP contribution in [0.3, 0.4) is 0 Å². The van der Waals surface area contributed by atoms with Crippen molar-refractivity contribution in [1.29, 1.82) is 0 Å². The van der Waals surface area contributed by atoms with E-state index in [4.69, 9.17) is 5.32 Å². The van der Waals surface area contributed by atoms with Gasteiger partial charge >= 0.3 is 0 Å². The summed E-state index contributed by atoms with van der Waals surface area (Å²) in [6.07, 6.45) is 10.8. The smallest absolute Gasteiger partial charge is 0.0246 e. The van der Waals surface area contributed by atoms with Gasteiger partial charge in [-0.3, -0.25) is 0 Å². The summed E-state index contributed by atoms with van der Waals surface area (Å²) in [5.41, 5.74) is 0. The second-order valence-electron chi connectivity index (χ2n) is 4.26. The second-order valence-corrected chi connectivity index (χ2v) is 4.26. The molecule has 0 aliphatic carbocycles. The van der Waals surface area contributed by atoms with E-state index >= 15 is 0 Å². The van der Waals surface area contributed by atoms with Crippen LogP contribution in [-0.2, 0) is 0 Å². The maximum absolute atomic E-state index is 4.93. The minimum Gasteiger partial charge on any atom is -0.235 e. The lowest BCUT2D eigenvalue weighted by Gasteiger charge is -2.20. The van der Waals surface area contributed by atoms with E-state index in [1.165, 1.54) is 51.4 Å². The van der Waals surface area contributed by atoms with Crippen molar-refractivity contribution in [2.75, 3.05) is 0 Å². The number of nitrogens with zero attached hydrogens (tertiary/aromatic N) is 1. The SMILES string of the molecule is CCC1CCCCCCC(CC)[N]1. The maximum atomic E-state index is 4.93. The van der Waals surface area contributed by atoms with E-state index in [1.807, 2.05) is 0 Å². The lowest BCUT2D eigenvalue weighted by molar-refractivity contribution is 0.369. The van der Waals surface area contributed by atoms with Gasteiger partial charge in [-0.25, -0.2) is 5.32 Å². The molecule has 77 valence electrons. The van der Waals surface area contributed by atoms with Gasteiger partial charge in [0, 0.05) is 12.1 Å². The summed E-state index contributed by atoms with van der Waals surface area (Å²) in [6, 6.07) is 1.34. The molecule has 0 amide bonds. The van der Waals surface area contributed by atoms with Crippen LogP contribution in [0.1, 0.15) is 65.2 Å². The molecule has 0 N–H and O–H groups in total. The van der Waals surface area contributed by atoms with Gasteiger partial charge in [0.25, 0.3) is 0 Å². The Labute approximate surface area is 83.3 Å². The molecule has 0 aromatic carbocycles. The number of rotatable bonds is 2. The second kappa shape index (κ2) is 6.42. The quantitative estimate of drug-likeness (QED) is 0.620. The Hall–Kier alpha value is -0.0400. The van der Waals surface area contributed by atoms with Crippen LogP contribution < -0.4 is 5.32 Å². The summed E-state index contributed by atoms with van der Waals surface area (Å²) in [5, 5.41) is 4.93. The van der Waals surface area contributed by atoms with Gasteiger partial charge in [0.1, 0.15) is 0 Å². The molecule has 1 nitrogen and oxygen atoms in total. The van der Waals surface area contributed by atoms with Crippen molar-refractivity contribution in [2.24, 2.45) is 0 Å². The van der Waals surface area contributed by atoms with Crippen molar-refractivity contribution >= 4 is 0 Å². The van der Waals surface area contributed by atoms with Gasteiger partial charge in [0.05, 0.1) is 0 Å². The van der Waals surface area contributed by atoms with Crippen LogP contribution >= 0.6 is 0 Å². The van der Waals surface area contributed by atoms with Gasteiger partial charge < -0.3 is 0 Å². The van der Waals surface area contributed by atoms with Crippen molar-refractivity contribution < 1.29 is 0 Å². The number of hydrogen-bond donors (Lipinski definition) is 0. The molecule has 1 heteroatoms. The van der Waals surface area contributed by atoms with E-state index in [1.54, 1.807) is 0 Å². The molecule has 13 heavy (non-hydrogen) atoms. The van der Waals surface area contributed by atoms with Gasteiger partial charge in [-0.05, 0) is 25.7 Å². The normalized spacial score (nSPS) is 31.8. The molecule has 1 saturated heterocycles. The Kier molecular flexibility index (Phi) is 5.45. The maximum Gasteiger partial charge on any atom is 0.0246 e. The highest BCUT2D eigenvalue weighted by Gasteiger charge is 2.15. The fourth-order valence-corrected chi connectivity index (χ4v) is 2.18. The third-order valence-corrected chi connectivity index (χ3v) is 3.19. The van der Waals surface area contributed by atoms with Crippen LogP contribution in [-0.4, -0.2) is 12.1 Å². The molecule has 1 heterocycles. The molecular formula is C12H24N. The average molecular weight is 182 g/mol. The van der Waals surface area contributed by atoms with Crippen LogP contribution in [0.15, 0.2) is 0 Å². The average Bonchev–Trinajstić information content (AvgIpc) is 2.28. The zero-order valence-corrected chi connectivity index (χ0v) is 9.26. The highest BCUT2D eigenvalue weighted by atomic mass is 14.9. The Balaban J connectivity index is 2.37. The summed E-state index contributed by atoms with van der Waals surface area (Å²) in [7, 11) is 0. The molecule has 1 radical (unpaired) electrons. The third-order valence-electron chi connectivity index (χ3n) is 3.19. The van der Waals surface area contributed by atoms with Crippen LogP contribution in [0.2, 0.25) is 0 Å². The Bertz CT molecular complexity index is 108. The van der Waals surface area contributed by atoms with Gasteiger partial charge in [-0.2, -0.15) is 0 Å². The van der Waals surface area contributed by atoms with E-state index in [-0.39, 0.29) is 0 Å². The fraction of sp³-hybridized carbons (Fsp3) is 1.00. The van der Waals surface area contributed by atoms with Crippen LogP contribution in [0.4, 0.5) is 0 Å². The van der Waals surface area contributed by atoms with Crippen molar-refractivity contribution in [3.63, 3.8) is 0 Å². The van der Waals surface area contributed by atoms with Crippen molar-refractivity contribution in [2.45, 2.75) is 77.3 Å². The van der Waals surface area contributed by atoms with E-state index in [9.17, 15) is 0 Å². The summed E-state index contributed by atoms with van der Waals surface area (Å²) in [4.78, 5) is 0. The summed E-state index contributed by atoms with van der Waals surface area (Å²) < 4.78 is 0. The first kappa shape index (κ1) is 11.0. The standard InChI is InChI=1S/C12H24N/c1-3-11-9-7-5-6-8-10-12(4-2)13-11/h11-12H,3-10H2,1-2H3. The molecule has 0 aromatic rings. The van der Waals surface area contributed by atoms with E-state index in [0.717, 1.165) is 0 Å². The summed E-state index contributed by atoms with van der Waals surface area (Å²) >= 11 is 0.